The van der Waals surface area contributed by atoms with Crippen LogP contribution in [-0.4, -0.2) is 4.98 Å². The lowest BCUT2D eigenvalue weighted by Gasteiger charge is -2.28. The minimum Gasteiger partial charge on any atom is -0.456 e. The second-order valence-electron chi connectivity index (χ2n) is 14.7. The zero-order valence-electron chi connectivity index (χ0n) is 30.7. The number of benzene rings is 10. The summed E-state index contributed by atoms with van der Waals surface area (Å²) >= 11 is 0. The molecular formula is C53H32N2O2. The summed E-state index contributed by atoms with van der Waals surface area (Å²) in [6, 6.07) is 68.8. The molecule has 10 aromatic carbocycles. The molecule has 12 rings (SSSR count). The molecule has 0 saturated heterocycles. The van der Waals surface area contributed by atoms with E-state index in [2.05, 4.69) is 175 Å². The standard InChI is InChI=1S/C53H32N2O2/c1-2-11-33(12-3-1)42-17-8-9-19-48(42)55(38-23-27-41-37(29-38)22-26-43-40-16-7-6-13-34(40)21-25-44(41)43)39-24-28-45-50(32-39)56-49-20-10-18-46(52(45)49)53-54-47-30-35-14-4-5-15-36(35)31-51(47)57-53/h1-32H. The van der Waals surface area contributed by atoms with Gasteiger partial charge in [-0.1, -0.05) is 133 Å². The molecule has 0 fully saturated rings. The van der Waals surface area contributed by atoms with Crippen molar-refractivity contribution in [2.24, 2.45) is 0 Å². The summed E-state index contributed by atoms with van der Waals surface area (Å²) in [6.07, 6.45) is 0. The third kappa shape index (κ3) is 5.04. The molecule has 0 saturated carbocycles. The van der Waals surface area contributed by atoms with Crippen molar-refractivity contribution in [2.75, 3.05) is 4.90 Å². The summed E-state index contributed by atoms with van der Waals surface area (Å²) < 4.78 is 13.1. The van der Waals surface area contributed by atoms with E-state index < -0.39 is 0 Å². The van der Waals surface area contributed by atoms with Gasteiger partial charge in [-0.2, -0.15) is 0 Å². The average molecular weight is 729 g/mol. The molecule has 0 amide bonds. The first-order chi connectivity index (χ1) is 28.2. The molecular weight excluding hydrogens is 697 g/mol. The number of anilines is 3. The van der Waals surface area contributed by atoms with Crippen molar-refractivity contribution in [1.82, 2.24) is 4.98 Å². The summed E-state index contributed by atoms with van der Waals surface area (Å²) in [7, 11) is 0. The fourth-order valence-corrected chi connectivity index (χ4v) is 8.77. The van der Waals surface area contributed by atoms with Crippen LogP contribution in [0, 0.1) is 0 Å². The number of hydrogen-bond donors (Lipinski definition) is 0. The second-order valence-corrected chi connectivity index (χ2v) is 14.7. The Labute approximate surface area is 327 Å². The third-order valence-electron chi connectivity index (χ3n) is 11.4. The van der Waals surface area contributed by atoms with Crippen molar-refractivity contribution in [2.45, 2.75) is 0 Å². The fraction of sp³-hybridized carbons (Fsp3) is 0. The van der Waals surface area contributed by atoms with Crippen molar-refractivity contribution in [3.05, 3.63) is 194 Å². The molecule has 0 aliphatic carbocycles. The number of aromatic nitrogens is 1. The van der Waals surface area contributed by atoms with Crippen LogP contribution in [0.25, 0.3) is 98.7 Å². The Morgan fingerprint density at radius 1 is 0.368 bits per heavy atom. The highest BCUT2D eigenvalue weighted by molar-refractivity contribution is 6.18. The van der Waals surface area contributed by atoms with Gasteiger partial charge in [0.1, 0.15) is 16.7 Å². The Kier molecular flexibility index (Phi) is 6.89. The minimum atomic E-state index is 0.577. The van der Waals surface area contributed by atoms with E-state index in [9.17, 15) is 0 Å². The van der Waals surface area contributed by atoms with Crippen LogP contribution in [0.3, 0.4) is 0 Å². The number of furan rings is 1. The van der Waals surface area contributed by atoms with Gasteiger partial charge in [0.15, 0.2) is 5.58 Å². The molecule has 2 aromatic heterocycles. The normalized spacial score (nSPS) is 11.9. The molecule has 4 heteroatoms. The lowest BCUT2D eigenvalue weighted by Crippen LogP contribution is -2.11. The maximum Gasteiger partial charge on any atom is 0.228 e. The van der Waals surface area contributed by atoms with Crippen molar-refractivity contribution in [3.8, 4) is 22.6 Å². The zero-order chi connectivity index (χ0) is 37.5. The third-order valence-corrected chi connectivity index (χ3v) is 11.4. The van der Waals surface area contributed by atoms with Crippen LogP contribution in [-0.2, 0) is 0 Å². The summed E-state index contributed by atoms with van der Waals surface area (Å²) in [5.41, 5.74) is 9.49. The molecule has 0 aliphatic heterocycles. The van der Waals surface area contributed by atoms with Gasteiger partial charge >= 0.3 is 0 Å². The maximum absolute atomic E-state index is 6.69. The lowest BCUT2D eigenvalue weighted by molar-refractivity contribution is 0.620. The largest absolute Gasteiger partial charge is 0.456 e. The van der Waals surface area contributed by atoms with Crippen LogP contribution in [0.4, 0.5) is 17.1 Å². The second kappa shape index (κ2) is 12.4. The van der Waals surface area contributed by atoms with Crippen molar-refractivity contribution < 1.29 is 8.83 Å². The lowest BCUT2D eigenvalue weighted by atomic mass is 9.96. The SMILES string of the molecule is c1ccc(-c2ccccc2N(c2ccc3c(ccc4c5ccccc5ccc34)c2)c2ccc3c(c2)oc2cccc(-c4nc5cc6ccccc6cc5o4)c23)cc1. The Bertz CT molecular complexity index is 3490. The van der Waals surface area contributed by atoms with Crippen LogP contribution in [0.5, 0.6) is 0 Å². The molecule has 0 atom stereocenters. The molecule has 0 aliphatic rings. The van der Waals surface area contributed by atoms with Crippen LogP contribution in [0.15, 0.2) is 203 Å². The number of hydrogen-bond acceptors (Lipinski definition) is 4. The van der Waals surface area contributed by atoms with Gasteiger partial charge in [-0.05, 0) is 103 Å². The monoisotopic (exact) mass is 728 g/mol. The first kappa shape index (κ1) is 31.6. The number of rotatable bonds is 5. The summed E-state index contributed by atoms with van der Waals surface area (Å²) in [5.74, 6) is 0.577. The molecule has 4 nitrogen and oxygen atoms in total. The molecule has 0 radical (unpaired) electrons. The van der Waals surface area contributed by atoms with Crippen molar-refractivity contribution >= 4 is 93.2 Å². The van der Waals surface area contributed by atoms with Gasteiger partial charge in [-0.25, -0.2) is 4.98 Å². The summed E-state index contributed by atoms with van der Waals surface area (Å²) in [6.45, 7) is 0. The van der Waals surface area contributed by atoms with Gasteiger partial charge in [-0.3, -0.25) is 0 Å². The number of nitrogens with zero attached hydrogens (tertiary/aromatic N) is 2. The van der Waals surface area contributed by atoms with E-state index in [-0.39, 0.29) is 0 Å². The van der Waals surface area contributed by atoms with E-state index in [1.54, 1.807) is 0 Å². The minimum absolute atomic E-state index is 0.577. The highest BCUT2D eigenvalue weighted by Crippen LogP contribution is 2.45. The Hall–Kier alpha value is -7.69. The molecule has 0 unspecified atom stereocenters. The smallest absolute Gasteiger partial charge is 0.228 e. The van der Waals surface area contributed by atoms with Crippen LogP contribution in [0.1, 0.15) is 0 Å². The van der Waals surface area contributed by atoms with Gasteiger partial charge in [0.2, 0.25) is 5.89 Å². The topological polar surface area (TPSA) is 42.4 Å². The molecule has 12 aromatic rings. The van der Waals surface area contributed by atoms with Crippen LogP contribution >= 0.6 is 0 Å². The Morgan fingerprint density at radius 3 is 1.88 bits per heavy atom. The number of oxazole rings is 1. The van der Waals surface area contributed by atoms with Crippen molar-refractivity contribution in [1.29, 1.82) is 0 Å². The highest BCUT2D eigenvalue weighted by Gasteiger charge is 2.22. The number of fused-ring (bicyclic) bond motifs is 10. The first-order valence-corrected chi connectivity index (χ1v) is 19.3. The van der Waals surface area contributed by atoms with E-state index in [4.69, 9.17) is 13.8 Å². The molecule has 0 N–H and O–H groups in total. The fourth-order valence-electron chi connectivity index (χ4n) is 8.77. The Morgan fingerprint density at radius 2 is 1.02 bits per heavy atom. The summed E-state index contributed by atoms with van der Waals surface area (Å²) in [4.78, 5) is 7.33. The maximum atomic E-state index is 6.69. The molecule has 0 bridgehead atoms. The molecule has 57 heavy (non-hydrogen) atoms. The highest BCUT2D eigenvalue weighted by atomic mass is 16.3. The Balaban J connectivity index is 1.04. The number of para-hydroxylation sites is 1. The van der Waals surface area contributed by atoms with Gasteiger partial charge in [0.25, 0.3) is 0 Å². The molecule has 266 valence electrons. The van der Waals surface area contributed by atoms with E-state index in [1.807, 2.05) is 24.3 Å². The quantitative estimate of drug-likeness (QED) is 0.166. The predicted molar refractivity (Wildman–Crippen MR) is 237 cm³/mol. The predicted octanol–water partition coefficient (Wildman–Crippen LogP) is 15.1. The van der Waals surface area contributed by atoms with Gasteiger partial charge in [-0.15, -0.1) is 0 Å². The van der Waals surface area contributed by atoms with E-state index >= 15 is 0 Å². The zero-order valence-corrected chi connectivity index (χ0v) is 30.7. The van der Waals surface area contributed by atoms with Crippen molar-refractivity contribution in [3.63, 3.8) is 0 Å². The van der Waals surface area contributed by atoms with Gasteiger partial charge in [0, 0.05) is 39.3 Å². The average Bonchev–Trinajstić information content (AvgIpc) is 3.86. The first-order valence-electron chi connectivity index (χ1n) is 19.3. The van der Waals surface area contributed by atoms with Crippen LogP contribution in [0.2, 0.25) is 0 Å². The van der Waals surface area contributed by atoms with E-state index in [1.165, 1.54) is 32.3 Å². The molecule has 0 spiro atoms. The van der Waals surface area contributed by atoms with E-state index in [0.29, 0.717) is 5.89 Å². The van der Waals surface area contributed by atoms with Gasteiger partial charge in [0.05, 0.1) is 5.69 Å². The molecule has 2 heterocycles. The summed E-state index contributed by atoms with van der Waals surface area (Å²) in [5, 5.41) is 11.7. The van der Waals surface area contributed by atoms with Crippen LogP contribution < -0.4 is 4.90 Å². The van der Waals surface area contributed by atoms with Gasteiger partial charge < -0.3 is 13.7 Å². The van der Waals surface area contributed by atoms with E-state index in [0.717, 1.165) is 77.6 Å².